The molecule has 0 unspecified atom stereocenters. The minimum atomic E-state index is -2.56. The topological polar surface area (TPSA) is 38.0 Å². The van der Waals surface area contributed by atoms with Crippen LogP contribution in [0.25, 0.3) is 0 Å². The van der Waals surface area contributed by atoms with Crippen LogP contribution in [0.15, 0.2) is 42.5 Å². The van der Waals surface area contributed by atoms with E-state index in [9.17, 15) is 8.78 Å². The molecular formula is C14H13ClF2N2. The first-order valence-electron chi connectivity index (χ1n) is 5.72. The molecule has 0 bridgehead atoms. The molecule has 19 heavy (non-hydrogen) atoms. The minimum absolute atomic E-state index is 0.0953. The lowest BCUT2D eigenvalue weighted by Crippen LogP contribution is -2.03. The molecule has 0 amide bonds. The molecule has 0 saturated carbocycles. The molecule has 2 rings (SSSR count). The van der Waals surface area contributed by atoms with Crippen LogP contribution in [0.5, 0.6) is 0 Å². The maximum Gasteiger partial charge on any atom is 0.265 e. The highest BCUT2D eigenvalue weighted by Crippen LogP contribution is 2.29. The summed E-state index contributed by atoms with van der Waals surface area (Å²) < 4.78 is 25.8. The van der Waals surface area contributed by atoms with Gasteiger partial charge in [-0.2, -0.15) is 0 Å². The van der Waals surface area contributed by atoms with E-state index < -0.39 is 6.43 Å². The second kappa shape index (κ2) is 5.89. The van der Waals surface area contributed by atoms with Crippen LogP contribution in [0.3, 0.4) is 0 Å². The van der Waals surface area contributed by atoms with Gasteiger partial charge in [-0.05, 0) is 35.9 Å². The van der Waals surface area contributed by atoms with Crippen molar-refractivity contribution in [1.29, 1.82) is 0 Å². The highest BCUT2D eigenvalue weighted by molar-refractivity contribution is 6.30. The smallest absolute Gasteiger partial charge is 0.265 e. The zero-order valence-corrected chi connectivity index (χ0v) is 10.8. The van der Waals surface area contributed by atoms with Crippen molar-refractivity contribution in [3.05, 3.63) is 58.6 Å². The van der Waals surface area contributed by atoms with Crippen molar-refractivity contribution < 1.29 is 8.78 Å². The first-order valence-corrected chi connectivity index (χ1v) is 6.10. The van der Waals surface area contributed by atoms with Gasteiger partial charge in [-0.3, -0.25) is 0 Å². The van der Waals surface area contributed by atoms with Gasteiger partial charge in [0, 0.05) is 28.5 Å². The molecule has 0 atom stereocenters. The number of nitrogen functional groups attached to an aromatic ring is 1. The molecule has 2 aromatic rings. The van der Waals surface area contributed by atoms with Gasteiger partial charge in [0.2, 0.25) is 0 Å². The van der Waals surface area contributed by atoms with E-state index in [1.165, 1.54) is 6.07 Å². The van der Waals surface area contributed by atoms with Crippen molar-refractivity contribution in [3.8, 4) is 0 Å². The molecule has 0 heterocycles. The van der Waals surface area contributed by atoms with E-state index in [0.29, 0.717) is 22.9 Å². The first kappa shape index (κ1) is 13.6. The molecule has 0 spiro atoms. The molecule has 5 heteroatoms. The summed E-state index contributed by atoms with van der Waals surface area (Å²) in [5, 5.41) is 3.59. The van der Waals surface area contributed by atoms with Crippen LogP contribution in [0, 0.1) is 0 Å². The van der Waals surface area contributed by atoms with Crippen LogP contribution in [0.1, 0.15) is 17.6 Å². The van der Waals surface area contributed by atoms with Crippen LogP contribution in [-0.4, -0.2) is 0 Å². The van der Waals surface area contributed by atoms with Crippen LogP contribution in [0.2, 0.25) is 5.02 Å². The van der Waals surface area contributed by atoms with E-state index in [1.54, 1.807) is 24.3 Å². The van der Waals surface area contributed by atoms with Gasteiger partial charge in [-0.25, -0.2) is 8.78 Å². The second-order valence-electron chi connectivity index (χ2n) is 4.13. The molecule has 0 fully saturated rings. The molecule has 2 nitrogen and oxygen atoms in total. The Bertz CT molecular complexity index is 573. The Hall–Kier alpha value is -1.81. The number of hydrogen-bond donors (Lipinski definition) is 2. The molecule has 0 aromatic heterocycles. The minimum Gasteiger partial charge on any atom is -0.399 e. The Morgan fingerprint density at radius 2 is 1.95 bits per heavy atom. The fraction of sp³-hybridized carbons (Fsp3) is 0.143. The van der Waals surface area contributed by atoms with Gasteiger partial charge >= 0.3 is 0 Å². The van der Waals surface area contributed by atoms with E-state index >= 15 is 0 Å². The lowest BCUT2D eigenvalue weighted by atomic mass is 10.1. The average Bonchev–Trinajstić information content (AvgIpc) is 2.37. The molecule has 100 valence electrons. The third kappa shape index (κ3) is 3.58. The normalized spacial score (nSPS) is 10.7. The van der Waals surface area contributed by atoms with Crippen molar-refractivity contribution in [2.45, 2.75) is 13.0 Å². The van der Waals surface area contributed by atoms with Crippen molar-refractivity contribution in [2.75, 3.05) is 11.1 Å². The summed E-state index contributed by atoms with van der Waals surface area (Å²) in [5.74, 6) is 0. The predicted molar refractivity (Wildman–Crippen MR) is 74.6 cm³/mol. The van der Waals surface area contributed by atoms with E-state index in [4.69, 9.17) is 17.3 Å². The number of nitrogens with two attached hydrogens (primary N) is 1. The van der Waals surface area contributed by atoms with E-state index in [0.717, 1.165) is 5.56 Å². The Balaban J connectivity index is 2.15. The predicted octanol–water partition coefficient (Wildman–Crippen LogP) is 4.47. The second-order valence-corrected chi connectivity index (χ2v) is 4.57. The number of nitrogens with one attached hydrogen (secondary N) is 1. The van der Waals surface area contributed by atoms with Crippen LogP contribution in [-0.2, 0) is 6.54 Å². The standard InChI is InChI=1S/C14H13ClF2N2/c15-10-3-1-2-9(6-10)8-19-13-5-4-11(18)7-12(13)14(16)17/h1-7,14,19H,8,18H2. The Morgan fingerprint density at radius 1 is 1.16 bits per heavy atom. The molecule has 0 radical (unpaired) electrons. The molecule has 2 aromatic carbocycles. The summed E-state index contributed by atoms with van der Waals surface area (Å²) in [7, 11) is 0. The first-order chi connectivity index (χ1) is 9.06. The van der Waals surface area contributed by atoms with E-state index in [-0.39, 0.29) is 5.56 Å². The summed E-state index contributed by atoms with van der Waals surface area (Å²) >= 11 is 5.86. The monoisotopic (exact) mass is 282 g/mol. The summed E-state index contributed by atoms with van der Waals surface area (Å²) in [6, 6.07) is 11.7. The number of rotatable bonds is 4. The summed E-state index contributed by atoms with van der Waals surface area (Å²) in [5.41, 5.74) is 7.04. The van der Waals surface area contributed by atoms with Gasteiger partial charge in [0.25, 0.3) is 6.43 Å². The lowest BCUT2D eigenvalue weighted by Gasteiger charge is -2.12. The van der Waals surface area contributed by atoms with Crippen LogP contribution in [0.4, 0.5) is 20.2 Å². The zero-order valence-electron chi connectivity index (χ0n) is 10.0. The summed E-state index contributed by atoms with van der Waals surface area (Å²) in [6.07, 6.45) is -2.56. The number of halogens is 3. The maximum absolute atomic E-state index is 12.9. The van der Waals surface area contributed by atoms with Crippen LogP contribution >= 0.6 is 11.6 Å². The molecule has 0 aliphatic rings. The van der Waals surface area contributed by atoms with Gasteiger partial charge < -0.3 is 11.1 Å². The molecule has 0 aliphatic carbocycles. The number of hydrogen-bond acceptors (Lipinski definition) is 2. The SMILES string of the molecule is Nc1ccc(NCc2cccc(Cl)c2)c(C(F)F)c1. The van der Waals surface area contributed by atoms with E-state index in [1.807, 2.05) is 12.1 Å². The van der Waals surface area contributed by atoms with Crippen molar-refractivity contribution in [1.82, 2.24) is 0 Å². The van der Waals surface area contributed by atoms with Gasteiger partial charge in [0.05, 0.1) is 0 Å². The molecule has 3 N–H and O–H groups in total. The third-order valence-electron chi connectivity index (χ3n) is 2.68. The van der Waals surface area contributed by atoms with Gasteiger partial charge in [0.15, 0.2) is 0 Å². The van der Waals surface area contributed by atoms with Gasteiger partial charge in [0.1, 0.15) is 0 Å². The Labute approximate surface area is 115 Å². The highest BCUT2D eigenvalue weighted by Gasteiger charge is 2.13. The molecule has 0 saturated heterocycles. The number of benzene rings is 2. The van der Waals surface area contributed by atoms with E-state index in [2.05, 4.69) is 5.32 Å². The molecule has 0 aliphatic heterocycles. The number of alkyl halides is 2. The molecular weight excluding hydrogens is 270 g/mol. The maximum atomic E-state index is 12.9. The zero-order chi connectivity index (χ0) is 13.8. The number of anilines is 2. The fourth-order valence-electron chi connectivity index (χ4n) is 1.77. The van der Waals surface area contributed by atoms with Gasteiger partial charge in [-0.1, -0.05) is 23.7 Å². The Kier molecular flexibility index (Phi) is 4.22. The van der Waals surface area contributed by atoms with Crippen molar-refractivity contribution >= 4 is 23.0 Å². The highest BCUT2D eigenvalue weighted by atomic mass is 35.5. The third-order valence-corrected chi connectivity index (χ3v) is 2.92. The Morgan fingerprint density at radius 3 is 2.63 bits per heavy atom. The fourth-order valence-corrected chi connectivity index (χ4v) is 1.98. The lowest BCUT2D eigenvalue weighted by molar-refractivity contribution is 0.152. The van der Waals surface area contributed by atoms with Crippen molar-refractivity contribution in [3.63, 3.8) is 0 Å². The summed E-state index contributed by atoms with van der Waals surface area (Å²) in [6.45, 7) is 0.421. The largest absolute Gasteiger partial charge is 0.399 e. The van der Waals surface area contributed by atoms with Crippen molar-refractivity contribution in [2.24, 2.45) is 0 Å². The van der Waals surface area contributed by atoms with Crippen LogP contribution < -0.4 is 11.1 Å². The summed E-state index contributed by atoms with van der Waals surface area (Å²) in [4.78, 5) is 0. The average molecular weight is 283 g/mol. The van der Waals surface area contributed by atoms with Gasteiger partial charge in [-0.15, -0.1) is 0 Å². The quantitative estimate of drug-likeness (QED) is 0.812.